The summed E-state index contributed by atoms with van der Waals surface area (Å²) in [4.78, 5) is 30.2. The van der Waals surface area contributed by atoms with Gasteiger partial charge in [-0.1, -0.05) is 0 Å². The van der Waals surface area contributed by atoms with Crippen LogP contribution in [0.4, 0.5) is 0 Å². The highest BCUT2D eigenvalue weighted by Gasteiger charge is 2.27. The van der Waals surface area contributed by atoms with Gasteiger partial charge < -0.3 is 4.57 Å². The van der Waals surface area contributed by atoms with Gasteiger partial charge in [0.05, 0.1) is 0 Å². The summed E-state index contributed by atoms with van der Waals surface area (Å²) in [6.07, 6.45) is 7.62. The van der Waals surface area contributed by atoms with Crippen molar-refractivity contribution in [2.45, 2.75) is 38.8 Å². The van der Waals surface area contributed by atoms with Gasteiger partial charge in [0.15, 0.2) is 17.5 Å². The van der Waals surface area contributed by atoms with Crippen molar-refractivity contribution in [2.75, 3.05) is 0 Å². The molecule has 0 aliphatic heterocycles. The van der Waals surface area contributed by atoms with E-state index in [4.69, 9.17) is 0 Å². The molecule has 0 amide bonds. The average molecular weight is 259 g/mol. The number of fused-ring (bicyclic) bond motifs is 1. The lowest BCUT2D eigenvalue weighted by Gasteiger charge is -2.09. The van der Waals surface area contributed by atoms with Crippen LogP contribution in [0.5, 0.6) is 0 Å². The maximum absolute atomic E-state index is 12.0. The first kappa shape index (κ1) is 11.0. The van der Waals surface area contributed by atoms with Crippen molar-refractivity contribution in [3.63, 3.8) is 0 Å². The zero-order chi connectivity index (χ0) is 13.0. The minimum atomic E-state index is -0.405. The van der Waals surface area contributed by atoms with E-state index in [9.17, 15) is 9.59 Å². The standard InChI is InChI=1S/C13H15N4O2/c18-11-10-12(16(7-14-10)5-8-1-2-8)17(13(19)15-11)6-9-3-4-9/h8-9H,1-6H2,(H,15,18,19). The molecule has 2 saturated carbocycles. The van der Waals surface area contributed by atoms with Crippen LogP contribution in [0, 0.1) is 18.2 Å². The lowest BCUT2D eigenvalue weighted by molar-refractivity contribution is 0.572. The van der Waals surface area contributed by atoms with Gasteiger partial charge in [0.1, 0.15) is 0 Å². The fourth-order valence-electron chi connectivity index (χ4n) is 2.50. The van der Waals surface area contributed by atoms with E-state index in [1.807, 2.05) is 4.57 Å². The number of rotatable bonds is 4. The van der Waals surface area contributed by atoms with Gasteiger partial charge in [0.25, 0.3) is 5.56 Å². The largest absolute Gasteiger partial charge is 0.330 e. The molecule has 0 bridgehead atoms. The topological polar surface area (TPSA) is 72.7 Å². The van der Waals surface area contributed by atoms with Crippen LogP contribution in [-0.4, -0.2) is 19.1 Å². The summed E-state index contributed by atoms with van der Waals surface area (Å²) < 4.78 is 3.52. The van der Waals surface area contributed by atoms with Crippen molar-refractivity contribution in [1.29, 1.82) is 0 Å². The summed E-state index contributed by atoms with van der Waals surface area (Å²) in [5, 5.41) is 0. The van der Waals surface area contributed by atoms with Crippen LogP contribution in [0.2, 0.25) is 0 Å². The van der Waals surface area contributed by atoms with Gasteiger partial charge >= 0.3 is 5.69 Å². The fourth-order valence-corrected chi connectivity index (χ4v) is 2.50. The predicted molar refractivity (Wildman–Crippen MR) is 68.9 cm³/mol. The molecule has 4 rings (SSSR count). The zero-order valence-electron chi connectivity index (χ0n) is 10.6. The van der Waals surface area contributed by atoms with Gasteiger partial charge in [-0.3, -0.25) is 14.3 Å². The maximum Gasteiger partial charge on any atom is 0.330 e. The molecule has 2 aliphatic carbocycles. The first-order valence-corrected chi connectivity index (χ1v) is 6.83. The average Bonchev–Trinajstić information content (AvgIpc) is 3.26. The van der Waals surface area contributed by atoms with Crippen LogP contribution in [-0.2, 0) is 13.1 Å². The van der Waals surface area contributed by atoms with E-state index in [2.05, 4.69) is 16.3 Å². The molecule has 0 aromatic carbocycles. The van der Waals surface area contributed by atoms with Crippen molar-refractivity contribution >= 4 is 11.2 Å². The maximum atomic E-state index is 12.0. The van der Waals surface area contributed by atoms with E-state index in [0.717, 1.165) is 19.4 Å². The number of H-pyrrole nitrogens is 1. The van der Waals surface area contributed by atoms with Crippen LogP contribution in [0.25, 0.3) is 11.2 Å². The lowest BCUT2D eigenvalue weighted by atomic mass is 10.4. The van der Waals surface area contributed by atoms with E-state index in [-0.39, 0.29) is 5.69 Å². The second-order valence-corrected chi connectivity index (χ2v) is 5.75. The Bertz CT molecular complexity index is 746. The van der Waals surface area contributed by atoms with Gasteiger partial charge in [0, 0.05) is 13.1 Å². The number of aromatic nitrogens is 4. The first-order chi connectivity index (χ1) is 9.22. The highest BCUT2D eigenvalue weighted by Crippen LogP contribution is 2.32. The van der Waals surface area contributed by atoms with Gasteiger partial charge in [-0.15, -0.1) is 0 Å². The number of nitrogens with zero attached hydrogens (tertiary/aromatic N) is 3. The third-order valence-electron chi connectivity index (χ3n) is 3.96. The molecular weight excluding hydrogens is 244 g/mol. The summed E-state index contributed by atoms with van der Waals surface area (Å²) in [7, 11) is 0. The number of hydrogen-bond donors (Lipinski definition) is 1. The molecule has 2 aromatic rings. The fraction of sp³-hybridized carbons (Fsp3) is 0.615. The summed E-state index contributed by atoms with van der Waals surface area (Å²) in [5.41, 5.74) is 0.252. The Morgan fingerprint density at radius 2 is 1.84 bits per heavy atom. The predicted octanol–water partition coefficient (Wildman–Crippen LogP) is 0.506. The minimum absolute atomic E-state index is 0.324. The van der Waals surface area contributed by atoms with Crippen molar-refractivity contribution in [3.05, 3.63) is 27.2 Å². The summed E-state index contributed by atoms with van der Waals surface area (Å²) >= 11 is 0. The lowest BCUT2D eigenvalue weighted by Crippen LogP contribution is -2.31. The first-order valence-electron chi connectivity index (χ1n) is 6.83. The number of nitrogens with one attached hydrogen (secondary N) is 1. The van der Waals surface area contributed by atoms with Crippen LogP contribution >= 0.6 is 0 Å². The van der Waals surface area contributed by atoms with Crippen LogP contribution in [0.1, 0.15) is 25.7 Å². The van der Waals surface area contributed by atoms with E-state index in [0.29, 0.717) is 29.5 Å². The van der Waals surface area contributed by atoms with Gasteiger partial charge in [-0.05, 0) is 37.5 Å². The zero-order valence-corrected chi connectivity index (χ0v) is 10.6. The monoisotopic (exact) mass is 259 g/mol. The number of imidazole rings is 1. The SMILES string of the molecule is O=c1[nH]c(=O)n(CC2CC2)c2c1n[c]n2CC1CC1. The molecule has 1 radical (unpaired) electrons. The van der Waals surface area contributed by atoms with E-state index >= 15 is 0 Å². The van der Waals surface area contributed by atoms with Gasteiger partial charge in [-0.2, -0.15) is 0 Å². The molecule has 0 saturated heterocycles. The van der Waals surface area contributed by atoms with Crippen LogP contribution in [0.3, 0.4) is 0 Å². The van der Waals surface area contributed by atoms with Crippen molar-refractivity contribution in [3.8, 4) is 0 Å². The molecule has 2 aliphatic rings. The van der Waals surface area contributed by atoms with E-state index in [1.54, 1.807) is 4.57 Å². The van der Waals surface area contributed by atoms with Crippen LogP contribution in [0.15, 0.2) is 9.59 Å². The smallest absolute Gasteiger partial charge is 0.307 e. The molecular formula is C13H15N4O2. The Morgan fingerprint density at radius 3 is 2.53 bits per heavy atom. The molecule has 19 heavy (non-hydrogen) atoms. The number of hydrogen-bond acceptors (Lipinski definition) is 3. The van der Waals surface area contributed by atoms with Crippen molar-refractivity contribution < 1.29 is 0 Å². The van der Waals surface area contributed by atoms with Crippen molar-refractivity contribution in [1.82, 2.24) is 19.1 Å². The van der Waals surface area contributed by atoms with Gasteiger partial charge in [0.2, 0.25) is 0 Å². The third-order valence-corrected chi connectivity index (χ3v) is 3.96. The Labute approximate surface area is 109 Å². The van der Waals surface area contributed by atoms with Crippen LogP contribution < -0.4 is 11.2 Å². The molecule has 0 spiro atoms. The third kappa shape index (κ3) is 1.91. The molecule has 0 atom stereocenters. The summed E-state index contributed by atoms with van der Waals surface area (Å²) in [6, 6.07) is 0. The Hall–Kier alpha value is -1.85. The molecule has 0 unspecified atom stereocenters. The Morgan fingerprint density at radius 1 is 1.16 bits per heavy atom. The number of aromatic amines is 1. The summed E-state index contributed by atoms with van der Waals surface area (Å²) in [6.45, 7) is 1.49. The Kier molecular flexibility index (Phi) is 2.22. The molecule has 6 nitrogen and oxygen atoms in total. The molecule has 99 valence electrons. The minimum Gasteiger partial charge on any atom is -0.307 e. The van der Waals surface area contributed by atoms with Gasteiger partial charge in [-0.25, -0.2) is 9.78 Å². The molecule has 6 heteroatoms. The second kappa shape index (κ2) is 3.82. The van der Waals surface area contributed by atoms with E-state index in [1.165, 1.54) is 12.8 Å². The van der Waals surface area contributed by atoms with E-state index < -0.39 is 5.56 Å². The molecule has 2 heterocycles. The highest BCUT2D eigenvalue weighted by atomic mass is 16.2. The quantitative estimate of drug-likeness (QED) is 0.869. The Balaban J connectivity index is 1.91. The summed E-state index contributed by atoms with van der Waals surface area (Å²) in [5.74, 6) is 1.22. The normalized spacial score (nSPS) is 19.2. The molecule has 2 fully saturated rings. The van der Waals surface area contributed by atoms with Crippen molar-refractivity contribution in [2.24, 2.45) is 11.8 Å². The second-order valence-electron chi connectivity index (χ2n) is 5.75. The highest BCUT2D eigenvalue weighted by molar-refractivity contribution is 5.69. The molecule has 1 N–H and O–H groups in total. The molecule has 2 aromatic heterocycles.